The first kappa shape index (κ1) is 12.8. The lowest BCUT2D eigenvalue weighted by molar-refractivity contribution is -0.270. The van der Waals surface area contributed by atoms with Crippen LogP contribution in [-0.2, 0) is 0 Å². The molecule has 0 saturated carbocycles. The highest BCUT2D eigenvalue weighted by Gasteiger charge is 2.17. The minimum absolute atomic E-state index is 0.0903. The van der Waals surface area contributed by atoms with Gasteiger partial charge in [0, 0.05) is 12.1 Å². The number of nitrogens with zero attached hydrogens (tertiary/aromatic N) is 1. The minimum atomic E-state index is -1.13. The maximum Gasteiger partial charge on any atom is 0.137 e. The molecule has 0 aromatic rings. The Bertz CT molecular complexity index is 197. The average Bonchev–Trinajstić information content (AvgIpc) is 2.04. The van der Waals surface area contributed by atoms with Gasteiger partial charge in [-0.3, -0.25) is 0 Å². The quantitative estimate of drug-likeness (QED) is 0.605. The molecule has 0 radical (unpaired) electrons. The van der Waals surface area contributed by atoms with Gasteiger partial charge < -0.3 is 14.8 Å². The monoisotopic (exact) mass is 196 g/mol. The van der Waals surface area contributed by atoms with E-state index in [1.807, 2.05) is 13.8 Å². The van der Waals surface area contributed by atoms with Crippen LogP contribution in [0.3, 0.4) is 0 Å². The summed E-state index contributed by atoms with van der Waals surface area (Å²) in [5.74, 6) is 0. The molecule has 0 heterocycles. The van der Waals surface area contributed by atoms with Crippen LogP contribution in [0.1, 0.15) is 26.7 Å². The lowest BCUT2D eigenvalue weighted by Crippen LogP contribution is -2.50. The predicted molar refractivity (Wildman–Crippen MR) is 55.8 cm³/mol. The summed E-state index contributed by atoms with van der Waals surface area (Å²) in [6.07, 6.45) is 3.56. The molecule has 0 saturated heterocycles. The van der Waals surface area contributed by atoms with Crippen LogP contribution in [0, 0.1) is 0 Å². The van der Waals surface area contributed by atoms with Gasteiger partial charge in [0.1, 0.15) is 6.09 Å². The predicted octanol–water partition coefficient (Wildman–Crippen LogP) is 1.56. The summed E-state index contributed by atoms with van der Waals surface area (Å²) in [7, 11) is 0. The van der Waals surface area contributed by atoms with Crippen molar-refractivity contribution in [3.63, 3.8) is 0 Å². The van der Waals surface area contributed by atoms with Crippen molar-refractivity contribution in [3.05, 3.63) is 25.3 Å². The van der Waals surface area contributed by atoms with Crippen molar-refractivity contribution in [2.75, 3.05) is 0 Å². The highest BCUT2D eigenvalue weighted by Crippen LogP contribution is 2.11. The lowest BCUT2D eigenvalue weighted by Gasteiger charge is -2.36. The van der Waals surface area contributed by atoms with E-state index in [0.29, 0.717) is 12.8 Å². The Balaban J connectivity index is 4.48. The minimum Gasteiger partial charge on any atom is -0.530 e. The Hall–Kier alpha value is -1.25. The number of hydrogen-bond donors (Lipinski definition) is 0. The van der Waals surface area contributed by atoms with Gasteiger partial charge in [0.15, 0.2) is 0 Å². The Morgan fingerprint density at radius 3 is 1.86 bits per heavy atom. The third-order valence-corrected chi connectivity index (χ3v) is 2.18. The van der Waals surface area contributed by atoms with Crippen LogP contribution in [-0.4, -0.2) is 23.1 Å². The van der Waals surface area contributed by atoms with Crippen LogP contribution in [0.4, 0.5) is 4.79 Å². The molecule has 0 aromatic heterocycles. The molecule has 0 N–H and O–H groups in total. The SMILES string of the molecule is C=CCC(C)N(C(=O)[O-])C(C)CC=C. The number of amides is 1. The molecule has 3 nitrogen and oxygen atoms in total. The summed E-state index contributed by atoms with van der Waals surface area (Å²) < 4.78 is 0. The lowest BCUT2D eigenvalue weighted by atomic mass is 10.1. The van der Waals surface area contributed by atoms with Gasteiger partial charge in [-0.2, -0.15) is 0 Å². The number of hydrogen-bond acceptors (Lipinski definition) is 2. The van der Waals surface area contributed by atoms with Crippen LogP contribution >= 0.6 is 0 Å². The van der Waals surface area contributed by atoms with E-state index in [0.717, 1.165) is 0 Å². The van der Waals surface area contributed by atoms with Gasteiger partial charge in [-0.1, -0.05) is 12.2 Å². The summed E-state index contributed by atoms with van der Waals surface area (Å²) >= 11 is 0. The van der Waals surface area contributed by atoms with Crippen molar-refractivity contribution in [1.82, 2.24) is 4.90 Å². The normalized spacial score (nSPS) is 14.1. The van der Waals surface area contributed by atoms with E-state index >= 15 is 0 Å². The molecule has 1 amide bonds. The van der Waals surface area contributed by atoms with E-state index in [2.05, 4.69) is 13.2 Å². The molecule has 2 atom stereocenters. The van der Waals surface area contributed by atoms with Gasteiger partial charge >= 0.3 is 0 Å². The maximum absolute atomic E-state index is 10.9. The molecule has 0 aliphatic carbocycles. The van der Waals surface area contributed by atoms with Crippen LogP contribution in [0.2, 0.25) is 0 Å². The van der Waals surface area contributed by atoms with Crippen LogP contribution in [0.15, 0.2) is 25.3 Å². The molecule has 80 valence electrons. The summed E-state index contributed by atoms with van der Waals surface area (Å²) in [4.78, 5) is 12.2. The van der Waals surface area contributed by atoms with E-state index in [1.165, 1.54) is 4.90 Å². The molecule has 0 aliphatic rings. The van der Waals surface area contributed by atoms with Crippen molar-refractivity contribution in [1.29, 1.82) is 0 Å². The van der Waals surface area contributed by atoms with Crippen molar-refractivity contribution in [3.8, 4) is 0 Å². The zero-order valence-electron chi connectivity index (χ0n) is 8.90. The summed E-state index contributed by atoms with van der Waals surface area (Å²) in [6.45, 7) is 10.9. The fourth-order valence-electron chi connectivity index (χ4n) is 1.50. The maximum atomic E-state index is 10.9. The second-order valence-corrected chi connectivity index (χ2v) is 3.42. The zero-order valence-corrected chi connectivity index (χ0v) is 8.90. The van der Waals surface area contributed by atoms with Gasteiger partial charge in [-0.05, 0) is 26.7 Å². The van der Waals surface area contributed by atoms with Gasteiger partial charge in [-0.15, -0.1) is 13.2 Å². The molecule has 0 fully saturated rings. The first-order chi connectivity index (χ1) is 6.54. The molecular weight excluding hydrogens is 178 g/mol. The molecule has 0 bridgehead atoms. The van der Waals surface area contributed by atoms with E-state index in [-0.39, 0.29) is 12.1 Å². The largest absolute Gasteiger partial charge is 0.530 e. The molecule has 0 aromatic carbocycles. The average molecular weight is 196 g/mol. The molecule has 0 aliphatic heterocycles. The Labute approximate surface area is 85.7 Å². The zero-order chi connectivity index (χ0) is 11.1. The third kappa shape index (κ3) is 3.64. The van der Waals surface area contributed by atoms with Gasteiger partial charge in [0.05, 0.1) is 0 Å². The van der Waals surface area contributed by atoms with Crippen molar-refractivity contribution < 1.29 is 9.90 Å². The standard InChI is InChI=1S/C11H19NO2/c1-5-7-9(3)12(11(13)14)10(4)8-6-2/h5-6,9-10H,1-2,7-8H2,3-4H3,(H,13,14)/p-1. The molecule has 3 heteroatoms. The fraction of sp³-hybridized carbons (Fsp3) is 0.545. The topological polar surface area (TPSA) is 43.4 Å². The second kappa shape index (κ2) is 6.24. The smallest absolute Gasteiger partial charge is 0.137 e. The number of carbonyl (C=O) groups is 1. The molecular formula is C11H18NO2-. The summed E-state index contributed by atoms with van der Waals surface area (Å²) in [6, 6.07) is -0.181. The van der Waals surface area contributed by atoms with Gasteiger partial charge in [0.25, 0.3) is 0 Å². The van der Waals surface area contributed by atoms with Crippen LogP contribution in [0.25, 0.3) is 0 Å². The third-order valence-electron chi connectivity index (χ3n) is 2.18. The van der Waals surface area contributed by atoms with E-state index < -0.39 is 6.09 Å². The first-order valence-corrected chi connectivity index (χ1v) is 4.75. The van der Waals surface area contributed by atoms with Crippen molar-refractivity contribution in [2.24, 2.45) is 0 Å². The van der Waals surface area contributed by atoms with Gasteiger partial charge in [0.2, 0.25) is 0 Å². The van der Waals surface area contributed by atoms with Crippen molar-refractivity contribution >= 4 is 6.09 Å². The molecule has 14 heavy (non-hydrogen) atoms. The molecule has 2 unspecified atom stereocenters. The van der Waals surface area contributed by atoms with Crippen LogP contribution in [0.5, 0.6) is 0 Å². The summed E-state index contributed by atoms with van der Waals surface area (Å²) in [5.41, 5.74) is 0. The molecule has 0 rings (SSSR count). The first-order valence-electron chi connectivity index (χ1n) is 4.75. The van der Waals surface area contributed by atoms with Crippen molar-refractivity contribution in [2.45, 2.75) is 38.8 Å². The van der Waals surface area contributed by atoms with E-state index in [9.17, 15) is 9.90 Å². The highest BCUT2D eigenvalue weighted by atomic mass is 16.4. The van der Waals surface area contributed by atoms with Crippen LogP contribution < -0.4 is 5.11 Å². The van der Waals surface area contributed by atoms with Gasteiger partial charge in [-0.25, -0.2) is 0 Å². The Morgan fingerprint density at radius 1 is 1.29 bits per heavy atom. The Morgan fingerprint density at radius 2 is 1.64 bits per heavy atom. The summed E-state index contributed by atoms with van der Waals surface area (Å²) in [5, 5.41) is 10.9. The Kier molecular flexibility index (Phi) is 5.68. The fourth-order valence-corrected chi connectivity index (χ4v) is 1.50. The number of rotatable bonds is 6. The van der Waals surface area contributed by atoms with E-state index in [4.69, 9.17) is 0 Å². The van der Waals surface area contributed by atoms with E-state index in [1.54, 1.807) is 12.2 Å². The molecule has 0 spiro atoms. The number of carbonyl (C=O) groups excluding carboxylic acids is 1. The number of carboxylic acid groups (broad SMARTS) is 1. The second-order valence-electron chi connectivity index (χ2n) is 3.42. The highest BCUT2D eigenvalue weighted by molar-refractivity contribution is 5.63.